The van der Waals surface area contributed by atoms with Crippen LogP contribution < -0.4 is 0 Å². The van der Waals surface area contributed by atoms with E-state index >= 15 is 0 Å². The van der Waals surface area contributed by atoms with Crippen molar-refractivity contribution in [2.75, 3.05) is 0 Å². The van der Waals surface area contributed by atoms with Gasteiger partial charge in [-0.2, -0.15) is 0 Å². The maximum atomic E-state index is 3.69. The fraction of sp³-hybridized carbons (Fsp3) is 1.00. The summed E-state index contributed by atoms with van der Waals surface area (Å²) in [5.41, 5.74) is 0. The van der Waals surface area contributed by atoms with Crippen molar-refractivity contribution < 1.29 is 0 Å². The molecule has 0 radical (unpaired) electrons. The highest BCUT2D eigenvalue weighted by molar-refractivity contribution is 9.10. The summed E-state index contributed by atoms with van der Waals surface area (Å²) in [5.74, 6) is 0. The van der Waals surface area contributed by atoms with Crippen LogP contribution in [0.5, 0.6) is 0 Å². The van der Waals surface area contributed by atoms with E-state index in [-0.39, 0.29) is 0 Å². The minimum absolute atomic E-state index is 0.491. The van der Waals surface area contributed by atoms with Gasteiger partial charge >= 0.3 is 0 Å². The molecule has 1 aliphatic rings. The lowest BCUT2D eigenvalue weighted by Crippen LogP contribution is -2.18. The van der Waals surface area contributed by atoms with Gasteiger partial charge in [-0.3, -0.25) is 0 Å². The van der Waals surface area contributed by atoms with Gasteiger partial charge in [0.2, 0.25) is 0 Å². The Morgan fingerprint density at radius 1 is 1.12 bits per heavy atom. The third-order valence-corrected chi connectivity index (χ3v) is 2.69. The highest BCUT2D eigenvalue weighted by Crippen LogP contribution is 2.34. The van der Waals surface area contributed by atoms with Crippen LogP contribution in [-0.2, 0) is 0 Å². The lowest BCUT2D eigenvalue weighted by Gasteiger charge is -2.26. The van der Waals surface area contributed by atoms with Gasteiger partial charge in [0.15, 0.2) is 0 Å². The number of alkyl halides is 1. The summed E-state index contributed by atoms with van der Waals surface area (Å²) in [6.45, 7) is 2.30. The zero-order valence-corrected chi connectivity index (χ0v) is 7.00. The summed E-state index contributed by atoms with van der Waals surface area (Å²) in [4.78, 5) is 0. The van der Waals surface area contributed by atoms with E-state index in [0.29, 0.717) is 4.32 Å². The summed E-state index contributed by atoms with van der Waals surface area (Å²) in [6, 6.07) is 0. The van der Waals surface area contributed by atoms with E-state index in [9.17, 15) is 0 Å². The van der Waals surface area contributed by atoms with Crippen molar-refractivity contribution in [1.29, 1.82) is 0 Å². The van der Waals surface area contributed by atoms with E-state index < -0.39 is 0 Å². The van der Waals surface area contributed by atoms with E-state index in [1.54, 1.807) is 0 Å². The number of rotatable bonds is 0. The summed E-state index contributed by atoms with van der Waals surface area (Å²) < 4.78 is 0.491. The largest absolute Gasteiger partial charge is 0.0856 e. The second-order valence-electron chi connectivity index (χ2n) is 2.97. The quantitative estimate of drug-likeness (QED) is 0.498. The molecular weight excluding hydrogens is 164 g/mol. The maximum absolute atomic E-state index is 3.69. The Bertz CT molecular complexity index is 68.5. The Hall–Kier alpha value is 0.480. The van der Waals surface area contributed by atoms with Crippen molar-refractivity contribution in [3.63, 3.8) is 0 Å². The monoisotopic (exact) mass is 176 g/mol. The van der Waals surface area contributed by atoms with Crippen LogP contribution >= 0.6 is 15.9 Å². The molecule has 0 aliphatic heterocycles. The minimum Gasteiger partial charge on any atom is -0.0856 e. The molecule has 1 rings (SSSR count). The first-order chi connectivity index (χ1) is 3.71. The average Bonchev–Trinajstić information content (AvgIpc) is 1.65. The molecule has 48 valence electrons. The minimum atomic E-state index is 0.491. The second kappa shape index (κ2) is 2.38. The molecule has 0 aromatic heterocycles. The molecular formula is C7H13Br. The van der Waals surface area contributed by atoms with Gasteiger partial charge in [0.1, 0.15) is 0 Å². The molecule has 0 N–H and O–H groups in total. The fourth-order valence-corrected chi connectivity index (χ4v) is 1.85. The third-order valence-electron chi connectivity index (χ3n) is 1.90. The molecule has 0 saturated heterocycles. The van der Waals surface area contributed by atoms with E-state index in [1.807, 2.05) is 0 Å². The third kappa shape index (κ3) is 1.77. The molecule has 8 heavy (non-hydrogen) atoms. The first-order valence-corrected chi connectivity index (χ1v) is 4.19. The molecule has 0 aromatic rings. The molecule has 0 atom stereocenters. The van der Waals surface area contributed by atoms with Crippen molar-refractivity contribution in [3.8, 4) is 0 Å². The lowest BCUT2D eigenvalue weighted by atomic mass is 9.91. The van der Waals surface area contributed by atoms with E-state index in [2.05, 4.69) is 22.9 Å². The van der Waals surface area contributed by atoms with Crippen LogP contribution in [0, 0.1) is 0 Å². The Morgan fingerprint density at radius 3 is 1.88 bits per heavy atom. The molecule has 0 aromatic carbocycles. The van der Waals surface area contributed by atoms with Gasteiger partial charge in [0.25, 0.3) is 0 Å². The standard InChI is InChI=1S/C7H13Br/c1-7(8)5-3-2-4-6-7/h2-6H2,1H3. The van der Waals surface area contributed by atoms with Crippen LogP contribution in [0.15, 0.2) is 0 Å². The molecule has 0 unspecified atom stereocenters. The van der Waals surface area contributed by atoms with Gasteiger partial charge in [-0.25, -0.2) is 0 Å². The Kier molecular flexibility index (Phi) is 1.97. The first kappa shape index (κ1) is 6.60. The molecule has 1 fully saturated rings. The molecule has 0 nitrogen and oxygen atoms in total. The molecule has 0 heterocycles. The van der Waals surface area contributed by atoms with Crippen molar-refractivity contribution in [1.82, 2.24) is 0 Å². The lowest BCUT2D eigenvalue weighted by molar-refractivity contribution is 0.430. The number of hydrogen-bond donors (Lipinski definition) is 0. The number of halogens is 1. The van der Waals surface area contributed by atoms with E-state index in [0.717, 1.165) is 0 Å². The van der Waals surface area contributed by atoms with E-state index in [1.165, 1.54) is 32.1 Å². The van der Waals surface area contributed by atoms with Crippen LogP contribution in [0.1, 0.15) is 39.0 Å². The number of hydrogen-bond acceptors (Lipinski definition) is 0. The van der Waals surface area contributed by atoms with Gasteiger partial charge in [-0.1, -0.05) is 35.2 Å². The highest BCUT2D eigenvalue weighted by Gasteiger charge is 2.22. The van der Waals surface area contributed by atoms with Gasteiger partial charge < -0.3 is 0 Å². The molecule has 0 amide bonds. The Balaban J connectivity index is 2.33. The zero-order chi connectivity index (χ0) is 6.04. The smallest absolute Gasteiger partial charge is 0.0229 e. The maximum Gasteiger partial charge on any atom is 0.0229 e. The molecule has 1 aliphatic carbocycles. The van der Waals surface area contributed by atoms with Crippen LogP contribution in [0.4, 0.5) is 0 Å². The van der Waals surface area contributed by atoms with Crippen molar-refractivity contribution in [3.05, 3.63) is 0 Å². The topological polar surface area (TPSA) is 0 Å². The average molecular weight is 177 g/mol. The van der Waals surface area contributed by atoms with Gasteiger partial charge in [0.05, 0.1) is 0 Å². The highest BCUT2D eigenvalue weighted by atomic mass is 79.9. The molecule has 1 heteroatoms. The summed E-state index contributed by atoms with van der Waals surface area (Å²) in [5, 5.41) is 0. The molecule has 0 bridgehead atoms. The Labute approximate surface area is 59.8 Å². The summed E-state index contributed by atoms with van der Waals surface area (Å²) in [6.07, 6.45) is 7.02. The Morgan fingerprint density at radius 2 is 1.62 bits per heavy atom. The molecule has 1 saturated carbocycles. The normalized spacial score (nSPS) is 27.8. The fourth-order valence-electron chi connectivity index (χ4n) is 1.29. The predicted molar refractivity (Wildman–Crippen MR) is 40.4 cm³/mol. The van der Waals surface area contributed by atoms with Crippen LogP contribution in [0.3, 0.4) is 0 Å². The van der Waals surface area contributed by atoms with Crippen molar-refractivity contribution in [2.45, 2.75) is 43.4 Å². The summed E-state index contributed by atoms with van der Waals surface area (Å²) >= 11 is 3.69. The van der Waals surface area contributed by atoms with Gasteiger partial charge in [0, 0.05) is 4.32 Å². The van der Waals surface area contributed by atoms with Crippen LogP contribution in [0.2, 0.25) is 0 Å². The van der Waals surface area contributed by atoms with Gasteiger partial charge in [-0.15, -0.1) is 0 Å². The molecule has 0 spiro atoms. The van der Waals surface area contributed by atoms with Crippen LogP contribution in [-0.4, -0.2) is 4.32 Å². The van der Waals surface area contributed by atoms with Crippen molar-refractivity contribution >= 4 is 15.9 Å². The zero-order valence-electron chi connectivity index (χ0n) is 5.41. The first-order valence-electron chi connectivity index (χ1n) is 3.40. The van der Waals surface area contributed by atoms with E-state index in [4.69, 9.17) is 0 Å². The van der Waals surface area contributed by atoms with Crippen molar-refractivity contribution in [2.24, 2.45) is 0 Å². The SMILES string of the molecule is CC1(Br)CCCCC1. The van der Waals surface area contributed by atoms with Crippen LogP contribution in [0.25, 0.3) is 0 Å². The predicted octanol–water partition coefficient (Wildman–Crippen LogP) is 3.10. The summed E-state index contributed by atoms with van der Waals surface area (Å²) in [7, 11) is 0. The second-order valence-corrected chi connectivity index (χ2v) is 4.89. The van der Waals surface area contributed by atoms with Gasteiger partial charge in [-0.05, 0) is 19.8 Å².